The fourth-order valence-corrected chi connectivity index (χ4v) is 3.48. The number of phenols is 2. The number of phenolic OH excluding ortho intramolecular Hbond substituents is 2. The molecule has 0 aliphatic heterocycles. The van der Waals surface area contributed by atoms with Gasteiger partial charge in [-0.05, 0) is 35.0 Å². The average Bonchev–Trinajstić information content (AvgIpc) is 2.66. The van der Waals surface area contributed by atoms with Gasteiger partial charge in [0.25, 0.3) is 0 Å². The van der Waals surface area contributed by atoms with Crippen LogP contribution in [0.4, 0.5) is 8.78 Å². The molecule has 0 saturated heterocycles. The van der Waals surface area contributed by atoms with Crippen LogP contribution in [0.2, 0.25) is 5.02 Å². The molecule has 0 aliphatic carbocycles. The minimum absolute atomic E-state index is 0.0478. The van der Waals surface area contributed by atoms with E-state index in [9.17, 15) is 19.0 Å². The summed E-state index contributed by atoms with van der Waals surface area (Å²) in [6.45, 7) is 0. The Hall–Kier alpha value is -3.11. The van der Waals surface area contributed by atoms with Gasteiger partial charge in [-0.15, -0.1) is 0 Å². The van der Waals surface area contributed by atoms with Crippen LogP contribution in [0, 0.1) is 11.6 Å². The molecule has 0 bridgehead atoms. The van der Waals surface area contributed by atoms with Gasteiger partial charge in [-0.2, -0.15) is 0 Å². The van der Waals surface area contributed by atoms with Crippen molar-refractivity contribution in [1.29, 1.82) is 0 Å². The summed E-state index contributed by atoms with van der Waals surface area (Å²) in [7, 11) is 0. The van der Waals surface area contributed by atoms with Crippen LogP contribution in [0.3, 0.4) is 0 Å². The Balaban J connectivity index is 2.17. The molecule has 0 aliphatic rings. The normalized spacial score (nSPS) is 11.1. The highest BCUT2D eigenvalue weighted by atomic mass is 35.5. The third kappa shape index (κ3) is 2.78. The van der Waals surface area contributed by atoms with Crippen molar-refractivity contribution >= 4 is 22.4 Å². The maximum Gasteiger partial charge on any atom is 0.166 e. The lowest BCUT2D eigenvalue weighted by Crippen LogP contribution is -1.93. The summed E-state index contributed by atoms with van der Waals surface area (Å²) in [4.78, 5) is 0. The summed E-state index contributed by atoms with van der Waals surface area (Å²) in [5.41, 5.74) is 0.432. The van der Waals surface area contributed by atoms with E-state index in [1.54, 1.807) is 30.3 Å². The van der Waals surface area contributed by atoms with Gasteiger partial charge in [0, 0.05) is 27.3 Å². The van der Waals surface area contributed by atoms with Crippen molar-refractivity contribution in [2.45, 2.75) is 0 Å². The van der Waals surface area contributed by atoms with Crippen molar-refractivity contribution in [3.63, 3.8) is 0 Å². The van der Waals surface area contributed by atoms with Crippen LogP contribution in [0.1, 0.15) is 0 Å². The van der Waals surface area contributed by atoms with Crippen LogP contribution < -0.4 is 0 Å². The lowest BCUT2D eigenvalue weighted by Gasteiger charge is -2.17. The molecule has 4 rings (SSSR count). The van der Waals surface area contributed by atoms with E-state index >= 15 is 0 Å². The highest BCUT2D eigenvalue weighted by molar-refractivity contribution is 6.31. The van der Waals surface area contributed by atoms with Crippen molar-refractivity contribution in [3.8, 4) is 33.8 Å². The lowest BCUT2D eigenvalue weighted by molar-refractivity contribution is 0.407. The third-order valence-corrected chi connectivity index (χ3v) is 4.74. The minimum atomic E-state index is -0.599. The van der Waals surface area contributed by atoms with Crippen molar-refractivity contribution in [1.82, 2.24) is 0 Å². The molecule has 0 fully saturated rings. The number of benzene rings is 4. The highest BCUT2D eigenvalue weighted by Gasteiger charge is 2.23. The van der Waals surface area contributed by atoms with Crippen molar-refractivity contribution in [2.75, 3.05) is 0 Å². The van der Waals surface area contributed by atoms with Crippen LogP contribution in [-0.2, 0) is 0 Å². The first-order chi connectivity index (χ1) is 13.0. The molecular formula is C22H13ClF2O2. The number of hydrogen-bond acceptors (Lipinski definition) is 2. The van der Waals surface area contributed by atoms with E-state index < -0.39 is 23.1 Å². The standard InChI is InChI=1S/C22H13ClF2O2/c23-12-9-10-18(25)16(11-12)20-14-6-2-1-5-13(14)19(21(26)22(20)27)15-7-3-4-8-17(15)24/h1-11,26-27H. The number of fused-ring (bicyclic) bond motifs is 1. The summed E-state index contributed by atoms with van der Waals surface area (Å²) in [5, 5.41) is 22.6. The van der Waals surface area contributed by atoms with Crippen LogP contribution in [0.15, 0.2) is 66.7 Å². The van der Waals surface area contributed by atoms with E-state index in [1.807, 2.05) is 0 Å². The summed E-state index contributed by atoms with van der Waals surface area (Å²) in [6, 6.07) is 16.7. The summed E-state index contributed by atoms with van der Waals surface area (Å²) in [6.07, 6.45) is 0. The number of rotatable bonds is 2. The summed E-state index contributed by atoms with van der Waals surface area (Å²) < 4.78 is 28.9. The molecule has 0 amide bonds. The third-order valence-electron chi connectivity index (χ3n) is 4.50. The second kappa shape index (κ2) is 6.56. The van der Waals surface area contributed by atoms with Gasteiger partial charge in [0.05, 0.1) is 0 Å². The van der Waals surface area contributed by atoms with Gasteiger partial charge in [-0.1, -0.05) is 54.1 Å². The molecule has 0 spiro atoms. The molecule has 5 heteroatoms. The predicted octanol–water partition coefficient (Wildman–Crippen LogP) is 6.52. The number of hydrogen-bond donors (Lipinski definition) is 2. The van der Waals surface area contributed by atoms with Crippen molar-refractivity contribution in [3.05, 3.63) is 83.4 Å². The fourth-order valence-electron chi connectivity index (χ4n) is 3.31. The quantitative estimate of drug-likeness (QED) is 0.387. The van der Waals surface area contributed by atoms with Crippen LogP contribution in [-0.4, -0.2) is 10.2 Å². The zero-order chi connectivity index (χ0) is 19.1. The number of aromatic hydroxyl groups is 2. The summed E-state index contributed by atoms with van der Waals surface area (Å²) >= 11 is 6.00. The molecule has 2 nitrogen and oxygen atoms in total. The van der Waals surface area contributed by atoms with E-state index in [4.69, 9.17) is 11.6 Å². The Bertz CT molecular complexity index is 1190. The largest absolute Gasteiger partial charge is 0.504 e. The van der Waals surface area contributed by atoms with Crippen LogP contribution in [0.25, 0.3) is 33.0 Å². The first-order valence-electron chi connectivity index (χ1n) is 8.16. The van der Waals surface area contributed by atoms with Gasteiger partial charge in [-0.3, -0.25) is 0 Å². The molecule has 27 heavy (non-hydrogen) atoms. The van der Waals surface area contributed by atoms with Crippen molar-refractivity contribution < 1.29 is 19.0 Å². The lowest BCUT2D eigenvalue weighted by atomic mass is 9.90. The zero-order valence-corrected chi connectivity index (χ0v) is 14.6. The van der Waals surface area contributed by atoms with E-state index in [-0.39, 0.29) is 27.3 Å². The van der Waals surface area contributed by atoms with E-state index in [0.29, 0.717) is 10.8 Å². The maximum absolute atomic E-state index is 14.5. The Morgan fingerprint density at radius 1 is 0.630 bits per heavy atom. The molecular weight excluding hydrogens is 370 g/mol. The Kier molecular flexibility index (Phi) is 4.21. The van der Waals surface area contributed by atoms with E-state index in [0.717, 1.165) is 0 Å². The molecule has 4 aromatic rings. The smallest absolute Gasteiger partial charge is 0.166 e. The summed E-state index contributed by atoms with van der Waals surface area (Å²) in [5.74, 6) is -2.20. The molecule has 4 aromatic carbocycles. The van der Waals surface area contributed by atoms with Gasteiger partial charge in [-0.25, -0.2) is 8.78 Å². The molecule has 134 valence electrons. The van der Waals surface area contributed by atoms with Crippen LogP contribution >= 0.6 is 11.6 Å². The van der Waals surface area contributed by atoms with Crippen molar-refractivity contribution in [2.24, 2.45) is 0 Å². The number of halogens is 3. The topological polar surface area (TPSA) is 40.5 Å². The highest BCUT2D eigenvalue weighted by Crippen LogP contribution is 2.50. The SMILES string of the molecule is Oc1c(O)c(-c2cc(Cl)ccc2F)c2ccccc2c1-c1ccccc1F. The molecule has 2 N–H and O–H groups in total. The molecule has 0 radical (unpaired) electrons. The molecule has 0 unspecified atom stereocenters. The van der Waals surface area contributed by atoms with Gasteiger partial charge >= 0.3 is 0 Å². The first-order valence-corrected chi connectivity index (χ1v) is 8.53. The molecule has 0 atom stereocenters. The van der Waals surface area contributed by atoms with Gasteiger partial charge in [0.1, 0.15) is 11.6 Å². The monoisotopic (exact) mass is 382 g/mol. The first kappa shape index (κ1) is 17.3. The molecule has 0 aromatic heterocycles. The van der Waals surface area contributed by atoms with Crippen LogP contribution in [0.5, 0.6) is 11.5 Å². The Morgan fingerprint density at radius 3 is 1.78 bits per heavy atom. The van der Waals surface area contributed by atoms with Gasteiger partial charge in [0.15, 0.2) is 11.5 Å². The Labute approximate surface area is 158 Å². The average molecular weight is 383 g/mol. The molecule has 0 saturated carbocycles. The van der Waals surface area contributed by atoms with Gasteiger partial charge < -0.3 is 10.2 Å². The van der Waals surface area contributed by atoms with E-state index in [1.165, 1.54) is 36.4 Å². The Morgan fingerprint density at radius 2 is 1.15 bits per heavy atom. The minimum Gasteiger partial charge on any atom is -0.504 e. The predicted molar refractivity (Wildman–Crippen MR) is 103 cm³/mol. The zero-order valence-electron chi connectivity index (χ0n) is 13.9. The van der Waals surface area contributed by atoms with Gasteiger partial charge in [0.2, 0.25) is 0 Å². The second-order valence-electron chi connectivity index (χ2n) is 6.10. The van der Waals surface area contributed by atoms with E-state index in [2.05, 4.69) is 0 Å². The maximum atomic E-state index is 14.5. The fraction of sp³-hybridized carbons (Fsp3) is 0. The molecule has 0 heterocycles. The second-order valence-corrected chi connectivity index (χ2v) is 6.53.